The lowest BCUT2D eigenvalue weighted by Gasteiger charge is -2.22. The van der Waals surface area contributed by atoms with Crippen molar-refractivity contribution < 1.29 is 29.3 Å². The number of hydrogen-bond donors (Lipinski definition) is 4. The van der Waals surface area contributed by atoms with Gasteiger partial charge in [0.05, 0.1) is 19.6 Å². The molecular formula is C28H33N3O6. The fourth-order valence-corrected chi connectivity index (χ4v) is 4.78. The largest absolute Gasteiger partial charge is 0.508 e. The molecule has 0 fully saturated rings. The minimum atomic E-state index is -1.06. The van der Waals surface area contributed by atoms with Crippen LogP contribution in [0.1, 0.15) is 30.4 Å². The van der Waals surface area contributed by atoms with E-state index in [-0.39, 0.29) is 18.1 Å². The van der Waals surface area contributed by atoms with Gasteiger partial charge in [-0.05, 0) is 48.6 Å². The molecule has 0 saturated heterocycles. The van der Waals surface area contributed by atoms with Crippen LogP contribution < -0.4 is 10.6 Å². The van der Waals surface area contributed by atoms with E-state index >= 15 is 0 Å². The van der Waals surface area contributed by atoms with Gasteiger partial charge in [-0.25, -0.2) is 0 Å². The second-order valence-electron chi connectivity index (χ2n) is 9.39. The number of aromatic hydroxyl groups is 1. The minimum Gasteiger partial charge on any atom is -0.508 e. The van der Waals surface area contributed by atoms with E-state index in [0.29, 0.717) is 52.0 Å². The second kappa shape index (κ2) is 12.4. The lowest BCUT2D eigenvalue weighted by Crippen LogP contribution is -2.50. The topological polar surface area (TPSA) is 130 Å². The van der Waals surface area contributed by atoms with Crippen molar-refractivity contribution in [3.63, 3.8) is 0 Å². The van der Waals surface area contributed by atoms with Crippen molar-refractivity contribution in [1.82, 2.24) is 15.2 Å². The van der Waals surface area contributed by atoms with Gasteiger partial charge in [-0.1, -0.05) is 30.3 Å². The molecule has 37 heavy (non-hydrogen) atoms. The van der Waals surface area contributed by atoms with Crippen LogP contribution in [0.3, 0.4) is 0 Å². The Hall–Kier alpha value is -3.85. The Morgan fingerprint density at radius 3 is 2.70 bits per heavy atom. The summed E-state index contributed by atoms with van der Waals surface area (Å²) in [7, 11) is 0. The number of carboxylic acids is 1. The van der Waals surface area contributed by atoms with Crippen LogP contribution in [-0.2, 0) is 38.5 Å². The lowest BCUT2D eigenvalue weighted by molar-refractivity contribution is -0.141. The maximum atomic E-state index is 13.3. The summed E-state index contributed by atoms with van der Waals surface area (Å²) in [6.45, 7) is 1.88. The summed E-state index contributed by atoms with van der Waals surface area (Å²) >= 11 is 0. The number of phenolic OH excluding ortho intramolecular Hbond substituents is 1. The van der Waals surface area contributed by atoms with E-state index in [2.05, 4.69) is 15.2 Å². The number of phenols is 1. The zero-order chi connectivity index (χ0) is 26.2. The van der Waals surface area contributed by atoms with E-state index in [0.717, 1.165) is 22.0 Å². The maximum Gasteiger partial charge on any atom is 0.304 e. The molecule has 1 aliphatic heterocycles. The van der Waals surface area contributed by atoms with Gasteiger partial charge in [0.15, 0.2) is 0 Å². The van der Waals surface area contributed by atoms with Crippen LogP contribution in [0, 0.1) is 5.92 Å². The second-order valence-corrected chi connectivity index (χ2v) is 9.39. The third-order valence-electron chi connectivity index (χ3n) is 6.70. The minimum absolute atomic E-state index is 0.178. The molecule has 2 heterocycles. The molecule has 196 valence electrons. The van der Waals surface area contributed by atoms with Crippen molar-refractivity contribution in [3.05, 3.63) is 65.9 Å². The smallest absolute Gasteiger partial charge is 0.304 e. The van der Waals surface area contributed by atoms with Gasteiger partial charge in [-0.15, -0.1) is 0 Å². The number of nitrogens with one attached hydrogen (secondary N) is 2. The van der Waals surface area contributed by atoms with Crippen LogP contribution in [0.15, 0.2) is 54.7 Å². The molecule has 0 aliphatic carbocycles. The van der Waals surface area contributed by atoms with Gasteiger partial charge in [-0.3, -0.25) is 14.4 Å². The Balaban J connectivity index is 1.49. The van der Waals surface area contributed by atoms with Crippen molar-refractivity contribution in [2.75, 3.05) is 19.8 Å². The number of para-hydroxylation sites is 1. The van der Waals surface area contributed by atoms with E-state index in [1.165, 1.54) is 0 Å². The first kappa shape index (κ1) is 26.2. The average Bonchev–Trinajstić information content (AvgIpc) is 3.22. The van der Waals surface area contributed by atoms with Crippen LogP contribution in [0.2, 0.25) is 0 Å². The Labute approximate surface area is 215 Å². The van der Waals surface area contributed by atoms with E-state index < -0.39 is 23.8 Å². The van der Waals surface area contributed by atoms with E-state index in [4.69, 9.17) is 4.74 Å². The van der Waals surface area contributed by atoms with Crippen molar-refractivity contribution in [2.24, 2.45) is 5.92 Å². The SMILES string of the molecule is O=C(O)C[C@@H](CCCc1ccc(O)cc1)C(=O)NC1Cc2cn(c3ccccc23)CCOCCNC1=O. The molecule has 0 spiro atoms. The van der Waals surface area contributed by atoms with Crippen LogP contribution in [0.4, 0.5) is 0 Å². The molecule has 3 aromatic rings. The van der Waals surface area contributed by atoms with E-state index in [1.807, 2.05) is 30.5 Å². The van der Waals surface area contributed by atoms with Crippen molar-refractivity contribution in [2.45, 2.75) is 44.7 Å². The summed E-state index contributed by atoms with van der Waals surface area (Å²) in [4.78, 5) is 37.9. The highest BCUT2D eigenvalue weighted by atomic mass is 16.5. The quantitative estimate of drug-likeness (QED) is 0.371. The number of carbonyl (C=O) groups is 3. The maximum absolute atomic E-state index is 13.3. The fourth-order valence-electron chi connectivity index (χ4n) is 4.78. The van der Waals surface area contributed by atoms with Crippen LogP contribution in [0.5, 0.6) is 5.75 Å². The Kier molecular flexibility index (Phi) is 8.79. The van der Waals surface area contributed by atoms with Gasteiger partial charge >= 0.3 is 5.97 Å². The molecule has 1 unspecified atom stereocenters. The molecule has 9 heteroatoms. The first-order valence-corrected chi connectivity index (χ1v) is 12.6. The average molecular weight is 508 g/mol. The highest BCUT2D eigenvalue weighted by Crippen LogP contribution is 2.23. The van der Waals surface area contributed by atoms with Crippen molar-refractivity contribution in [3.8, 4) is 5.75 Å². The van der Waals surface area contributed by atoms with Gasteiger partial charge in [0.25, 0.3) is 0 Å². The number of hydrogen-bond acceptors (Lipinski definition) is 5. The van der Waals surface area contributed by atoms with Gasteiger partial charge in [0.2, 0.25) is 11.8 Å². The summed E-state index contributed by atoms with van der Waals surface area (Å²) in [6.07, 6.45) is 3.57. The van der Waals surface area contributed by atoms with Crippen LogP contribution in [-0.4, -0.2) is 58.4 Å². The molecule has 2 atom stereocenters. The zero-order valence-corrected chi connectivity index (χ0v) is 20.7. The summed E-state index contributed by atoms with van der Waals surface area (Å²) < 4.78 is 7.75. The number of aliphatic carboxylic acids is 1. The summed E-state index contributed by atoms with van der Waals surface area (Å²) in [6, 6.07) is 13.9. The lowest BCUT2D eigenvalue weighted by atomic mass is 9.94. The Morgan fingerprint density at radius 1 is 1.14 bits per heavy atom. The molecular weight excluding hydrogens is 474 g/mol. The van der Waals surface area contributed by atoms with Gasteiger partial charge in [-0.2, -0.15) is 0 Å². The molecule has 0 saturated carbocycles. The third-order valence-corrected chi connectivity index (χ3v) is 6.70. The first-order valence-electron chi connectivity index (χ1n) is 12.6. The monoisotopic (exact) mass is 507 g/mol. The number of carboxylic acid groups (broad SMARTS) is 1. The van der Waals surface area contributed by atoms with Crippen molar-refractivity contribution >= 4 is 28.7 Å². The number of ether oxygens (including phenoxy) is 1. The van der Waals surface area contributed by atoms with Gasteiger partial charge in [0, 0.05) is 42.5 Å². The molecule has 1 aromatic heterocycles. The summed E-state index contributed by atoms with van der Waals surface area (Å²) in [5.74, 6) is -2.42. The number of carbonyl (C=O) groups excluding carboxylic acids is 2. The zero-order valence-electron chi connectivity index (χ0n) is 20.7. The van der Waals surface area contributed by atoms with Gasteiger partial charge < -0.3 is 30.2 Å². The summed E-state index contributed by atoms with van der Waals surface area (Å²) in [5, 5.41) is 25.6. The number of amides is 2. The molecule has 2 aromatic carbocycles. The van der Waals surface area contributed by atoms with E-state index in [9.17, 15) is 24.6 Å². The highest BCUT2D eigenvalue weighted by Gasteiger charge is 2.28. The summed E-state index contributed by atoms with van der Waals surface area (Å²) in [5.41, 5.74) is 2.95. The molecule has 1 aliphatic rings. The van der Waals surface area contributed by atoms with Crippen LogP contribution >= 0.6 is 0 Å². The Bertz CT molecular complexity index is 1240. The standard InChI is InChI=1S/C28H33N3O6/c32-22-10-8-19(9-11-22)4-3-5-20(17-26(33)34)27(35)30-24-16-21-18-31(25-7-2-1-6-23(21)25)13-15-37-14-12-29-28(24)36/h1-2,6-11,18,20,24,32H,3-5,12-17H2,(H,29,36)(H,30,35)(H,33,34)/t20-,24?/m1/s1. The Morgan fingerprint density at radius 2 is 1.92 bits per heavy atom. The number of aryl methyl sites for hydroxylation is 1. The molecule has 4 N–H and O–H groups in total. The van der Waals surface area contributed by atoms with Gasteiger partial charge in [0.1, 0.15) is 11.8 Å². The predicted octanol–water partition coefficient (Wildman–Crippen LogP) is 2.63. The molecule has 2 amide bonds. The fraction of sp³-hybridized carbons (Fsp3) is 0.393. The van der Waals surface area contributed by atoms with Crippen molar-refractivity contribution in [1.29, 1.82) is 0 Å². The number of aromatic nitrogens is 1. The normalized spacial score (nSPS) is 17.3. The first-order chi connectivity index (χ1) is 17.9. The predicted molar refractivity (Wildman–Crippen MR) is 138 cm³/mol. The highest BCUT2D eigenvalue weighted by molar-refractivity contribution is 5.91. The molecule has 9 nitrogen and oxygen atoms in total. The molecule has 4 rings (SSSR count). The number of rotatable bonds is 8. The molecule has 0 radical (unpaired) electrons. The molecule has 2 bridgehead atoms. The van der Waals surface area contributed by atoms with Crippen LogP contribution in [0.25, 0.3) is 10.9 Å². The third kappa shape index (κ3) is 7.10. The number of fused-ring (bicyclic) bond motifs is 5. The number of nitrogens with zero attached hydrogens (tertiary/aromatic N) is 1. The van der Waals surface area contributed by atoms with E-state index in [1.54, 1.807) is 24.3 Å². The number of benzene rings is 2.